The molecule has 0 saturated carbocycles. The summed E-state index contributed by atoms with van der Waals surface area (Å²) >= 11 is 0. The number of hydrogen-bond acceptors (Lipinski definition) is 4. The third-order valence-electron chi connectivity index (χ3n) is 4.23. The van der Waals surface area contributed by atoms with E-state index in [9.17, 15) is 0 Å². The van der Waals surface area contributed by atoms with E-state index in [0.717, 1.165) is 45.1 Å². The van der Waals surface area contributed by atoms with Gasteiger partial charge in [0.25, 0.3) is 0 Å². The number of ether oxygens (including phenoxy) is 1. The zero-order valence-corrected chi connectivity index (χ0v) is 13.9. The number of rotatable bonds is 7. The van der Waals surface area contributed by atoms with Crippen LogP contribution in [-0.4, -0.2) is 53.8 Å². The Labute approximate surface area is 128 Å². The lowest BCUT2D eigenvalue weighted by Gasteiger charge is -2.40. The minimum atomic E-state index is 0.225. The summed E-state index contributed by atoms with van der Waals surface area (Å²) in [6.07, 6.45) is 6.26. The molecule has 0 amide bonds. The molecule has 0 aromatic carbocycles. The number of nitrogens with one attached hydrogen (secondary N) is 1. The van der Waals surface area contributed by atoms with Crippen LogP contribution in [0, 0.1) is 5.41 Å². The highest BCUT2D eigenvalue weighted by molar-refractivity contribution is 4.93. The Morgan fingerprint density at radius 1 is 1.52 bits per heavy atom. The fourth-order valence-electron chi connectivity index (χ4n) is 3.07. The topological polar surface area (TPSA) is 42.3 Å². The van der Waals surface area contributed by atoms with E-state index in [1.165, 1.54) is 6.42 Å². The van der Waals surface area contributed by atoms with Crippen molar-refractivity contribution in [1.29, 1.82) is 0 Å². The molecule has 1 fully saturated rings. The Hall–Kier alpha value is -0.910. The zero-order chi connectivity index (χ0) is 15.3. The third-order valence-corrected chi connectivity index (χ3v) is 4.23. The summed E-state index contributed by atoms with van der Waals surface area (Å²) in [5.74, 6) is 1.11. The molecule has 0 aliphatic carbocycles. The second kappa shape index (κ2) is 7.38. The van der Waals surface area contributed by atoms with Gasteiger partial charge in [0, 0.05) is 50.6 Å². The van der Waals surface area contributed by atoms with Crippen molar-refractivity contribution in [1.82, 2.24) is 19.8 Å². The highest BCUT2D eigenvalue weighted by atomic mass is 16.5. The summed E-state index contributed by atoms with van der Waals surface area (Å²) < 4.78 is 7.88. The van der Waals surface area contributed by atoms with Crippen LogP contribution in [0.4, 0.5) is 0 Å². The van der Waals surface area contributed by atoms with Gasteiger partial charge in [0.2, 0.25) is 0 Å². The van der Waals surface area contributed by atoms with Gasteiger partial charge in [-0.05, 0) is 19.9 Å². The Bertz CT molecular complexity index is 424. The van der Waals surface area contributed by atoms with Gasteiger partial charge in [-0.1, -0.05) is 13.8 Å². The van der Waals surface area contributed by atoms with Gasteiger partial charge in [0.15, 0.2) is 0 Å². The quantitative estimate of drug-likeness (QED) is 0.830. The smallest absolute Gasteiger partial charge is 0.122 e. The summed E-state index contributed by atoms with van der Waals surface area (Å²) in [7, 11) is 4.23. The van der Waals surface area contributed by atoms with Crippen molar-refractivity contribution < 1.29 is 4.74 Å². The molecule has 1 aliphatic rings. The van der Waals surface area contributed by atoms with Crippen LogP contribution in [-0.2, 0) is 18.3 Å². The SMILES string of the molecule is CC(C)NCC1(CN(C)Cc2nccn2C)CCCOC1. The van der Waals surface area contributed by atoms with Crippen LogP contribution in [0.3, 0.4) is 0 Å². The largest absolute Gasteiger partial charge is 0.381 e. The van der Waals surface area contributed by atoms with Crippen molar-refractivity contribution >= 4 is 0 Å². The fraction of sp³-hybridized carbons (Fsp3) is 0.812. The monoisotopic (exact) mass is 294 g/mol. The summed E-state index contributed by atoms with van der Waals surface area (Å²) in [5.41, 5.74) is 0.225. The first-order valence-electron chi connectivity index (χ1n) is 7.97. The molecule has 2 rings (SSSR count). The fourth-order valence-corrected chi connectivity index (χ4v) is 3.07. The van der Waals surface area contributed by atoms with Crippen LogP contribution in [0.1, 0.15) is 32.5 Å². The number of nitrogens with zero attached hydrogens (tertiary/aromatic N) is 3. The van der Waals surface area contributed by atoms with Crippen LogP contribution >= 0.6 is 0 Å². The van der Waals surface area contributed by atoms with Crippen molar-refractivity contribution in [3.8, 4) is 0 Å². The predicted octanol–water partition coefficient (Wildman–Crippen LogP) is 1.65. The van der Waals surface area contributed by atoms with Crippen molar-refractivity contribution in [3.05, 3.63) is 18.2 Å². The molecule has 1 saturated heterocycles. The average Bonchev–Trinajstić information content (AvgIpc) is 2.83. The van der Waals surface area contributed by atoms with E-state index in [-0.39, 0.29) is 5.41 Å². The molecule has 0 bridgehead atoms. The maximum absolute atomic E-state index is 5.79. The number of aromatic nitrogens is 2. The van der Waals surface area contributed by atoms with Gasteiger partial charge < -0.3 is 14.6 Å². The van der Waals surface area contributed by atoms with Gasteiger partial charge in [-0.15, -0.1) is 0 Å². The number of imidazole rings is 1. The molecule has 5 heteroatoms. The van der Waals surface area contributed by atoms with Crippen molar-refractivity contribution in [2.45, 2.75) is 39.3 Å². The maximum atomic E-state index is 5.79. The molecule has 0 spiro atoms. The van der Waals surface area contributed by atoms with Crippen LogP contribution in [0.2, 0.25) is 0 Å². The Balaban J connectivity index is 1.95. The highest BCUT2D eigenvalue weighted by Gasteiger charge is 2.34. The molecule has 0 radical (unpaired) electrons. The lowest BCUT2D eigenvalue weighted by Crippen LogP contribution is -2.49. The van der Waals surface area contributed by atoms with Gasteiger partial charge in [-0.3, -0.25) is 4.90 Å². The molecule has 1 atom stereocenters. The lowest BCUT2D eigenvalue weighted by molar-refractivity contribution is -0.0249. The third kappa shape index (κ3) is 4.80. The number of hydrogen-bond donors (Lipinski definition) is 1. The van der Waals surface area contributed by atoms with Gasteiger partial charge in [-0.25, -0.2) is 4.98 Å². The van der Waals surface area contributed by atoms with Gasteiger partial charge in [-0.2, -0.15) is 0 Å². The van der Waals surface area contributed by atoms with E-state index in [1.54, 1.807) is 0 Å². The summed E-state index contributed by atoms with van der Waals surface area (Å²) in [6, 6.07) is 0.517. The average molecular weight is 294 g/mol. The van der Waals surface area contributed by atoms with Crippen LogP contribution in [0.15, 0.2) is 12.4 Å². The lowest BCUT2D eigenvalue weighted by atomic mass is 9.81. The highest BCUT2D eigenvalue weighted by Crippen LogP contribution is 2.29. The molecule has 1 N–H and O–H groups in total. The zero-order valence-electron chi connectivity index (χ0n) is 13.9. The predicted molar refractivity (Wildman–Crippen MR) is 85.2 cm³/mol. The molecule has 1 unspecified atom stereocenters. The van der Waals surface area contributed by atoms with E-state index < -0.39 is 0 Å². The van der Waals surface area contributed by atoms with Crippen LogP contribution in [0.25, 0.3) is 0 Å². The van der Waals surface area contributed by atoms with E-state index in [4.69, 9.17) is 4.74 Å². The minimum Gasteiger partial charge on any atom is -0.381 e. The molecular weight excluding hydrogens is 264 g/mol. The molecule has 2 heterocycles. The second-order valence-electron chi connectivity index (χ2n) is 6.82. The van der Waals surface area contributed by atoms with Gasteiger partial charge in [0.05, 0.1) is 13.2 Å². The number of aryl methyl sites for hydroxylation is 1. The molecular formula is C16H30N4O. The summed E-state index contributed by atoms with van der Waals surface area (Å²) in [6.45, 7) is 9.12. The Morgan fingerprint density at radius 3 is 2.90 bits per heavy atom. The van der Waals surface area contributed by atoms with E-state index >= 15 is 0 Å². The minimum absolute atomic E-state index is 0.225. The normalized spacial score (nSPS) is 23.1. The van der Waals surface area contributed by atoms with E-state index in [0.29, 0.717) is 6.04 Å². The van der Waals surface area contributed by atoms with Crippen molar-refractivity contribution in [3.63, 3.8) is 0 Å². The molecule has 1 aromatic rings. The first-order valence-corrected chi connectivity index (χ1v) is 7.97. The van der Waals surface area contributed by atoms with Gasteiger partial charge in [0.1, 0.15) is 5.82 Å². The summed E-state index contributed by atoms with van der Waals surface area (Å²) in [4.78, 5) is 6.79. The second-order valence-corrected chi connectivity index (χ2v) is 6.82. The molecule has 21 heavy (non-hydrogen) atoms. The first-order chi connectivity index (χ1) is 10.0. The van der Waals surface area contributed by atoms with Crippen LogP contribution in [0.5, 0.6) is 0 Å². The molecule has 120 valence electrons. The van der Waals surface area contributed by atoms with E-state index in [1.807, 2.05) is 12.4 Å². The Kier molecular flexibility index (Phi) is 5.79. The van der Waals surface area contributed by atoms with Gasteiger partial charge >= 0.3 is 0 Å². The molecule has 1 aromatic heterocycles. The molecule has 1 aliphatic heterocycles. The van der Waals surface area contributed by atoms with Crippen molar-refractivity contribution in [2.75, 3.05) is 33.4 Å². The summed E-state index contributed by atoms with van der Waals surface area (Å²) in [5, 5.41) is 3.60. The van der Waals surface area contributed by atoms with Crippen molar-refractivity contribution in [2.24, 2.45) is 12.5 Å². The standard InChI is InChI=1S/C16H30N4O/c1-14(2)18-11-16(6-5-9-21-13-16)12-19(3)10-15-17-7-8-20(15)4/h7-8,14,18H,5-6,9-13H2,1-4H3. The van der Waals surface area contributed by atoms with Crippen LogP contribution < -0.4 is 5.32 Å². The maximum Gasteiger partial charge on any atom is 0.122 e. The Morgan fingerprint density at radius 2 is 2.33 bits per heavy atom. The van der Waals surface area contributed by atoms with E-state index in [2.05, 4.69) is 47.7 Å². The first kappa shape index (κ1) is 16.5. The molecule has 5 nitrogen and oxygen atoms in total.